The number of halogens is 2. The Morgan fingerprint density at radius 3 is 2.62 bits per heavy atom. The monoisotopic (exact) mass is 331 g/mol. The van der Waals surface area contributed by atoms with Crippen molar-refractivity contribution in [2.45, 2.75) is 57.9 Å². The van der Waals surface area contributed by atoms with E-state index in [1.165, 1.54) is 24.8 Å². The summed E-state index contributed by atoms with van der Waals surface area (Å²) in [6.45, 7) is 8.44. The Kier molecular flexibility index (Phi) is 7.32. The number of ether oxygens (including phenoxy) is 1. The Balaban J connectivity index is 0.00000220. The van der Waals surface area contributed by atoms with Crippen molar-refractivity contribution in [3.8, 4) is 5.75 Å². The minimum atomic E-state index is 0. The number of nitrogens with one attached hydrogen (secondary N) is 1. The molecule has 1 atom stereocenters. The molecule has 0 radical (unpaired) electrons. The van der Waals surface area contributed by atoms with Gasteiger partial charge in [-0.05, 0) is 48.9 Å². The van der Waals surface area contributed by atoms with Crippen molar-refractivity contribution in [3.63, 3.8) is 0 Å². The van der Waals surface area contributed by atoms with Crippen LogP contribution < -0.4 is 10.1 Å². The fraction of sp³-hybridized carbons (Fsp3) is 0.647. The molecular formula is C17H27Cl2NO. The zero-order valence-corrected chi connectivity index (χ0v) is 14.8. The van der Waals surface area contributed by atoms with Gasteiger partial charge in [-0.15, -0.1) is 12.4 Å². The molecule has 1 aliphatic rings. The lowest BCUT2D eigenvalue weighted by Crippen LogP contribution is -2.35. The van der Waals surface area contributed by atoms with E-state index < -0.39 is 0 Å². The van der Waals surface area contributed by atoms with Crippen LogP contribution >= 0.6 is 24.0 Å². The largest absolute Gasteiger partial charge is 0.492 e. The van der Waals surface area contributed by atoms with Crippen LogP contribution in [0, 0.1) is 0 Å². The predicted octanol–water partition coefficient (Wildman–Crippen LogP) is 4.97. The van der Waals surface area contributed by atoms with Crippen LogP contribution in [-0.4, -0.2) is 19.2 Å². The highest BCUT2D eigenvalue weighted by Crippen LogP contribution is 2.31. The maximum atomic E-state index is 6.32. The minimum Gasteiger partial charge on any atom is -0.492 e. The van der Waals surface area contributed by atoms with E-state index in [1.807, 2.05) is 12.1 Å². The van der Waals surface area contributed by atoms with Gasteiger partial charge < -0.3 is 10.1 Å². The number of hydrogen-bond acceptors (Lipinski definition) is 2. The number of hydrogen-bond donors (Lipinski definition) is 1. The average molecular weight is 332 g/mol. The third-order valence-corrected chi connectivity index (χ3v) is 4.23. The lowest BCUT2D eigenvalue weighted by atomic mass is 9.87. The van der Waals surface area contributed by atoms with Crippen LogP contribution in [0.3, 0.4) is 0 Å². The van der Waals surface area contributed by atoms with Gasteiger partial charge in [-0.3, -0.25) is 0 Å². The second-order valence-corrected chi connectivity index (χ2v) is 7.09. The van der Waals surface area contributed by atoms with Gasteiger partial charge in [0.05, 0.1) is 11.6 Å². The van der Waals surface area contributed by atoms with Crippen molar-refractivity contribution in [2.75, 3.05) is 13.2 Å². The molecule has 0 bridgehead atoms. The summed E-state index contributed by atoms with van der Waals surface area (Å²) in [5.74, 6) is 0.801. The van der Waals surface area contributed by atoms with Gasteiger partial charge in [0, 0.05) is 6.04 Å². The first kappa shape index (κ1) is 18.6. The first-order valence-corrected chi connectivity index (χ1v) is 8.01. The van der Waals surface area contributed by atoms with Crippen molar-refractivity contribution < 1.29 is 4.74 Å². The van der Waals surface area contributed by atoms with Gasteiger partial charge in [-0.2, -0.15) is 0 Å². The third kappa shape index (κ3) is 5.69. The van der Waals surface area contributed by atoms with Crippen LogP contribution in [0.25, 0.3) is 0 Å². The van der Waals surface area contributed by atoms with Crippen molar-refractivity contribution in [3.05, 3.63) is 28.8 Å². The van der Waals surface area contributed by atoms with Crippen LogP contribution in [-0.2, 0) is 5.41 Å². The van der Waals surface area contributed by atoms with Gasteiger partial charge in [0.2, 0.25) is 0 Å². The molecule has 2 rings (SSSR count). The SMILES string of the molecule is CC(C)(C)c1ccc(OCCC2CCCCN2)c(Cl)c1.Cl. The van der Waals surface area contributed by atoms with E-state index in [4.69, 9.17) is 16.3 Å². The molecule has 0 spiro atoms. The molecular weight excluding hydrogens is 305 g/mol. The molecule has 1 saturated heterocycles. The van der Waals surface area contributed by atoms with E-state index in [2.05, 4.69) is 32.2 Å². The highest BCUT2D eigenvalue weighted by molar-refractivity contribution is 6.32. The van der Waals surface area contributed by atoms with Crippen LogP contribution in [0.15, 0.2) is 18.2 Å². The molecule has 0 aromatic heterocycles. The fourth-order valence-electron chi connectivity index (χ4n) is 2.57. The van der Waals surface area contributed by atoms with Crippen molar-refractivity contribution in [1.29, 1.82) is 0 Å². The van der Waals surface area contributed by atoms with E-state index in [9.17, 15) is 0 Å². The molecule has 1 aliphatic heterocycles. The molecule has 120 valence electrons. The topological polar surface area (TPSA) is 21.3 Å². The molecule has 4 heteroatoms. The Morgan fingerprint density at radius 2 is 2.05 bits per heavy atom. The number of piperidine rings is 1. The maximum Gasteiger partial charge on any atom is 0.137 e. The van der Waals surface area contributed by atoms with Gasteiger partial charge in [0.1, 0.15) is 5.75 Å². The van der Waals surface area contributed by atoms with Gasteiger partial charge in [-0.25, -0.2) is 0 Å². The van der Waals surface area contributed by atoms with Crippen molar-refractivity contribution in [1.82, 2.24) is 5.32 Å². The highest BCUT2D eigenvalue weighted by atomic mass is 35.5. The summed E-state index contributed by atoms with van der Waals surface area (Å²) in [5, 5.41) is 4.25. The van der Waals surface area contributed by atoms with Crippen LogP contribution in [0.5, 0.6) is 5.75 Å². The van der Waals surface area contributed by atoms with E-state index in [-0.39, 0.29) is 17.8 Å². The van der Waals surface area contributed by atoms with Crippen LogP contribution in [0.1, 0.15) is 52.0 Å². The third-order valence-electron chi connectivity index (χ3n) is 3.93. The summed E-state index contributed by atoms with van der Waals surface area (Å²) in [7, 11) is 0. The second-order valence-electron chi connectivity index (χ2n) is 6.68. The summed E-state index contributed by atoms with van der Waals surface area (Å²) in [4.78, 5) is 0. The van der Waals surface area contributed by atoms with Crippen LogP contribution in [0.2, 0.25) is 5.02 Å². The molecule has 0 aliphatic carbocycles. The molecule has 1 heterocycles. The van der Waals surface area contributed by atoms with E-state index in [1.54, 1.807) is 0 Å². The number of benzene rings is 1. The summed E-state index contributed by atoms with van der Waals surface area (Å²) >= 11 is 6.32. The van der Waals surface area contributed by atoms with Gasteiger partial charge in [0.25, 0.3) is 0 Å². The van der Waals surface area contributed by atoms with E-state index >= 15 is 0 Å². The smallest absolute Gasteiger partial charge is 0.137 e. The molecule has 1 fully saturated rings. The van der Waals surface area contributed by atoms with Gasteiger partial charge in [-0.1, -0.05) is 44.9 Å². The summed E-state index contributed by atoms with van der Waals surface area (Å²) < 4.78 is 5.84. The molecule has 0 amide bonds. The first-order chi connectivity index (χ1) is 9.47. The molecule has 0 saturated carbocycles. The lowest BCUT2D eigenvalue weighted by Gasteiger charge is -2.23. The van der Waals surface area contributed by atoms with Gasteiger partial charge in [0.15, 0.2) is 0 Å². The number of rotatable bonds is 4. The molecule has 1 aromatic carbocycles. The molecule has 2 nitrogen and oxygen atoms in total. The highest BCUT2D eigenvalue weighted by Gasteiger charge is 2.16. The Bertz CT molecular complexity index is 437. The molecule has 21 heavy (non-hydrogen) atoms. The molecule has 1 unspecified atom stereocenters. The quantitative estimate of drug-likeness (QED) is 0.840. The summed E-state index contributed by atoms with van der Waals surface area (Å²) in [5.41, 5.74) is 1.36. The van der Waals surface area contributed by atoms with Crippen molar-refractivity contribution >= 4 is 24.0 Å². The summed E-state index contributed by atoms with van der Waals surface area (Å²) in [6, 6.07) is 6.74. The predicted molar refractivity (Wildman–Crippen MR) is 93.2 cm³/mol. The lowest BCUT2D eigenvalue weighted by molar-refractivity contribution is 0.268. The minimum absolute atomic E-state index is 0. The average Bonchev–Trinajstić information content (AvgIpc) is 2.40. The zero-order chi connectivity index (χ0) is 14.6. The Hall–Kier alpha value is -0.440. The normalized spacial score (nSPS) is 19.0. The molecule has 1 N–H and O–H groups in total. The first-order valence-electron chi connectivity index (χ1n) is 7.63. The van der Waals surface area contributed by atoms with E-state index in [0.717, 1.165) is 25.3 Å². The molecule has 1 aromatic rings. The second kappa shape index (κ2) is 8.26. The maximum absolute atomic E-state index is 6.32. The van der Waals surface area contributed by atoms with E-state index in [0.29, 0.717) is 11.1 Å². The van der Waals surface area contributed by atoms with Crippen molar-refractivity contribution in [2.24, 2.45) is 0 Å². The van der Waals surface area contributed by atoms with Crippen LogP contribution in [0.4, 0.5) is 0 Å². The zero-order valence-electron chi connectivity index (χ0n) is 13.2. The summed E-state index contributed by atoms with van der Waals surface area (Å²) in [6.07, 6.45) is 4.95. The fourth-order valence-corrected chi connectivity index (χ4v) is 2.80. The Labute approximate surface area is 140 Å². The van der Waals surface area contributed by atoms with Gasteiger partial charge >= 0.3 is 0 Å². The Morgan fingerprint density at radius 1 is 1.29 bits per heavy atom. The standard InChI is InChI=1S/C17H26ClNO.ClH/c1-17(2,3)13-7-8-16(15(18)12-13)20-11-9-14-6-4-5-10-19-14;/h7-8,12,14,19H,4-6,9-11H2,1-3H3;1H.